The van der Waals surface area contributed by atoms with Crippen LogP contribution < -0.4 is 4.90 Å². The van der Waals surface area contributed by atoms with Crippen molar-refractivity contribution in [2.24, 2.45) is 11.1 Å². The van der Waals surface area contributed by atoms with Gasteiger partial charge in [-0.15, -0.1) is 0 Å². The van der Waals surface area contributed by atoms with Gasteiger partial charge in [-0.3, -0.25) is 9.59 Å². The number of benzene rings is 2. The molecule has 0 bridgehead atoms. The second-order valence-corrected chi connectivity index (χ2v) is 6.39. The van der Waals surface area contributed by atoms with Crippen LogP contribution in [0.15, 0.2) is 58.2 Å². The van der Waals surface area contributed by atoms with Crippen molar-refractivity contribution in [2.75, 3.05) is 4.90 Å². The lowest BCUT2D eigenvalue weighted by Gasteiger charge is -2.15. The number of hydrogen-bond donors (Lipinski definition) is 0. The number of anilines is 1. The van der Waals surface area contributed by atoms with Gasteiger partial charge in [0.2, 0.25) is 12.0 Å². The summed E-state index contributed by atoms with van der Waals surface area (Å²) in [7, 11) is 0. The number of rotatable bonds is 2. The van der Waals surface area contributed by atoms with Crippen LogP contribution in [0.4, 0.5) is 10.1 Å². The molecule has 2 aliphatic heterocycles. The first-order valence-electron chi connectivity index (χ1n) is 7.19. The van der Waals surface area contributed by atoms with Gasteiger partial charge in [-0.25, -0.2) is 9.29 Å². The van der Waals surface area contributed by atoms with E-state index in [0.717, 1.165) is 9.37 Å². The normalized spacial score (nSPS) is 22.4. The Morgan fingerprint density at radius 3 is 2.54 bits per heavy atom. The molecule has 0 unspecified atom stereocenters. The highest BCUT2D eigenvalue weighted by Gasteiger charge is 2.56. The predicted molar refractivity (Wildman–Crippen MR) is 87.9 cm³/mol. The van der Waals surface area contributed by atoms with E-state index < -0.39 is 23.8 Å². The Morgan fingerprint density at radius 1 is 1.08 bits per heavy atom. The van der Waals surface area contributed by atoms with Gasteiger partial charge in [0.05, 0.1) is 5.69 Å². The fourth-order valence-corrected chi connectivity index (χ4v) is 3.29. The van der Waals surface area contributed by atoms with Crippen molar-refractivity contribution in [3.63, 3.8) is 0 Å². The molecule has 1 fully saturated rings. The molecule has 0 spiro atoms. The molecule has 7 heteroatoms. The number of oxime groups is 1. The summed E-state index contributed by atoms with van der Waals surface area (Å²) in [5.74, 6) is -2.06. The summed E-state index contributed by atoms with van der Waals surface area (Å²) >= 11 is 3.33. The molecule has 2 aromatic carbocycles. The molecule has 120 valence electrons. The lowest BCUT2D eigenvalue weighted by atomic mass is 9.94. The lowest BCUT2D eigenvalue weighted by Crippen LogP contribution is -2.33. The smallest absolute Gasteiger partial charge is 0.278 e. The van der Waals surface area contributed by atoms with Crippen LogP contribution in [-0.4, -0.2) is 23.6 Å². The number of imide groups is 1. The maximum absolute atomic E-state index is 13.1. The standard InChI is InChI=1S/C17H10BrFN2O3/c18-10-2-1-3-12(8-10)21-16(22)13-14(20-24-15(13)17(21)23)9-4-6-11(19)7-5-9/h1-8,13,15H/t13-,15-/m1/s1. The Kier molecular flexibility index (Phi) is 3.45. The highest BCUT2D eigenvalue weighted by Crippen LogP contribution is 2.35. The van der Waals surface area contributed by atoms with Gasteiger partial charge in [-0.2, -0.15) is 0 Å². The predicted octanol–water partition coefficient (Wildman–Crippen LogP) is 2.88. The number of nitrogens with zero attached hydrogens (tertiary/aromatic N) is 2. The first kappa shape index (κ1) is 15.0. The zero-order valence-corrected chi connectivity index (χ0v) is 13.7. The van der Waals surface area contributed by atoms with Crippen LogP contribution >= 0.6 is 15.9 Å². The van der Waals surface area contributed by atoms with Gasteiger partial charge in [0, 0.05) is 10.0 Å². The summed E-state index contributed by atoms with van der Waals surface area (Å²) in [6.07, 6.45) is -0.975. The number of carbonyl (C=O) groups is 2. The molecule has 0 saturated carbocycles. The van der Waals surface area contributed by atoms with Gasteiger partial charge in [0.25, 0.3) is 5.91 Å². The largest absolute Gasteiger partial charge is 0.381 e. The molecule has 1 saturated heterocycles. The molecule has 0 N–H and O–H groups in total. The van der Waals surface area contributed by atoms with Crippen molar-refractivity contribution in [3.05, 3.63) is 64.4 Å². The molecule has 0 aromatic heterocycles. The van der Waals surface area contributed by atoms with Crippen LogP contribution in [0.2, 0.25) is 0 Å². The van der Waals surface area contributed by atoms with Gasteiger partial charge >= 0.3 is 0 Å². The first-order valence-corrected chi connectivity index (χ1v) is 7.98. The Labute approximate surface area is 144 Å². The lowest BCUT2D eigenvalue weighted by molar-refractivity contribution is -0.126. The third-order valence-electron chi connectivity index (χ3n) is 4.02. The van der Waals surface area contributed by atoms with Gasteiger partial charge in [-0.05, 0) is 30.3 Å². The summed E-state index contributed by atoms with van der Waals surface area (Å²) in [5.41, 5.74) is 1.37. The SMILES string of the molecule is O=C1[C@@H]2C(c3ccc(F)cc3)=NO[C@H]2C(=O)N1c1cccc(Br)c1. The van der Waals surface area contributed by atoms with Gasteiger partial charge in [-0.1, -0.05) is 39.3 Å². The fourth-order valence-electron chi connectivity index (χ4n) is 2.91. The van der Waals surface area contributed by atoms with Crippen LogP contribution in [0, 0.1) is 11.7 Å². The summed E-state index contributed by atoms with van der Waals surface area (Å²) in [5, 5.41) is 3.88. The summed E-state index contributed by atoms with van der Waals surface area (Å²) in [6.45, 7) is 0. The molecule has 0 radical (unpaired) electrons. The average molecular weight is 389 g/mol. The van der Waals surface area contributed by atoms with E-state index in [9.17, 15) is 14.0 Å². The summed E-state index contributed by atoms with van der Waals surface area (Å²) < 4.78 is 13.9. The van der Waals surface area contributed by atoms with E-state index >= 15 is 0 Å². The van der Waals surface area contributed by atoms with Crippen molar-refractivity contribution < 1.29 is 18.8 Å². The van der Waals surface area contributed by atoms with E-state index in [4.69, 9.17) is 4.84 Å². The van der Waals surface area contributed by atoms with Crippen molar-refractivity contribution in [1.29, 1.82) is 0 Å². The van der Waals surface area contributed by atoms with E-state index in [2.05, 4.69) is 21.1 Å². The number of halogens is 2. The van der Waals surface area contributed by atoms with Crippen LogP contribution in [-0.2, 0) is 14.4 Å². The molecule has 2 aromatic rings. The van der Waals surface area contributed by atoms with Gasteiger partial charge < -0.3 is 4.84 Å². The van der Waals surface area contributed by atoms with Crippen LogP contribution in [0.1, 0.15) is 5.56 Å². The van der Waals surface area contributed by atoms with E-state index in [-0.39, 0.29) is 5.82 Å². The maximum Gasteiger partial charge on any atom is 0.278 e. The molecular weight excluding hydrogens is 379 g/mol. The minimum atomic E-state index is -0.975. The zero-order valence-electron chi connectivity index (χ0n) is 12.1. The minimum absolute atomic E-state index is 0.343. The van der Waals surface area contributed by atoms with Crippen LogP contribution in [0.5, 0.6) is 0 Å². The Hall–Kier alpha value is -2.54. The second kappa shape index (κ2) is 5.52. The minimum Gasteiger partial charge on any atom is -0.381 e. The van der Waals surface area contributed by atoms with Gasteiger partial charge in [0.15, 0.2) is 0 Å². The van der Waals surface area contributed by atoms with Gasteiger partial charge in [0.1, 0.15) is 17.4 Å². The quantitative estimate of drug-likeness (QED) is 0.743. The number of hydrogen-bond acceptors (Lipinski definition) is 4. The highest BCUT2D eigenvalue weighted by molar-refractivity contribution is 9.10. The van der Waals surface area contributed by atoms with Crippen molar-refractivity contribution in [1.82, 2.24) is 0 Å². The van der Waals surface area contributed by atoms with Crippen molar-refractivity contribution >= 4 is 39.1 Å². The number of amides is 2. The number of fused-ring (bicyclic) bond motifs is 1. The van der Waals surface area contributed by atoms with E-state index in [1.807, 2.05) is 0 Å². The molecule has 2 atom stereocenters. The van der Waals surface area contributed by atoms with E-state index in [1.54, 1.807) is 24.3 Å². The van der Waals surface area contributed by atoms with Crippen LogP contribution in [0.25, 0.3) is 0 Å². The van der Waals surface area contributed by atoms with Crippen LogP contribution in [0.3, 0.4) is 0 Å². The topological polar surface area (TPSA) is 59.0 Å². The molecule has 2 amide bonds. The molecule has 24 heavy (non-hydrogen) atoms. The zero-order chi connectivity index (χ0) is 16.8. The van der Waals surface area contributed by atoms with E-state index in [1.165, 1.54) is 24.3 Å². The highest BCUT2D eigenvalue weighted by atomic mass is 79.9. The molecule has 2 aliphatic rings. The first-order chi connectivity index (χ1) is 11.6. The molecule has 2 heterocycles. The third-order valence-corrected chi connectivity index (χ3v) is 4.51. The second-order valence-electron chi connectivity index (χ2n) is 5.48. The Morgan fingerprint density at radius 2 is 1.83 bits per heavy atom. The summed E-state index contributed by atoms with van der Waals surface area (Å²) in [4.78, 5) is 31.7. The molecular formula is C17H10BrFN2O3. The van der Waals surface area contributed by atoms with Crippen molar-refractivity contribution in [3.8, 4) is 0 Å². The molecule has 0 aliphatic carbocycles. The Balaban J connectivity index is 1.71. The number of carbonyl (C=O) groups excluding carboxylic acids is 2. The summed E-state index contributed by atoms with van der Waals surface area (Å²) in [6, 6.07) is 12.5. The molecule has 5 nitrogen and oxygen atoms in total. The fraction of sp³-hybridized carbons (Fsp3) is 0.118. The van der Waals surface area contributed by atoms with E-state index in [0.29, 0.717) is 17.0 Å². The maximum atomic E-state index is 13.1. The average Bonchev–Trinajstić information content (AvgIpc) is 3.09. The van der Waals surface area contributed by atoms with Crippen molar-refractivity contribution in [2.45, 2.75) is 6.10 Å². The third kappa shape index (κ3) is 2.24. The monoisotopic (exact) mass is 388 g/mol. The Bertz CT molecular complexity index is 882. The molecule has 4 rings (SSSR count).